The van der Waals surface area contributed by atoms with Crippen LogP contribution in [-0.4, -0.2) is 53.7 Å². The number of carbonyl (C=O) groups excluding carboxylic acids is 2. The van der Waals surface area contributed by atoms with Crippen LogP contribution in [0.5, 0.6) is 0 Å². The van der Waals surface area contributed by atoms with Gasteiger partial charge in [0.25, 0.3) is 0 Å². The molecule has 3 rings (SSSR count). The second-order valence-corrected chi connectivity index (χ2v) is 8.96. The molecule has 2 aromatic rings. The van der Waals surface area contributed by atoms with Gasteiger partial charge in [-0.25, -0.2) is 9.59 Å². The minimum absolute atomic E-state index is 0.0809. The number of hydrogen-bond acceptors (Lipinski definition) is 4. The summed E-state index contributed by atoms with van der Waals surface area (Å²) in [6, 6.07) is 14.3. The van der Waals surface area contributed by atoms with Gasteiger partial charge in [0, 0.05) is 13.0 Å². The lowest BCUT2D eigenvalue weighted by molar-refractivity contribution is -0.149. The Morgan fingerprint density at radius 1 is 0.970 bits per heavy atom. The molecule has 7 heteroatoms. The smallest absolute Gasteiger partial charge is 0.407 e. The molecule has 2 N–H and O–H groups in total. The number of alkyl carbamates (subject to hydrolysis) is 1. The van der Waals surface area contributed by atoms with Crippen molar-refractivity contribution in [1.29, 1.82) is 0 Å². The number of benzene rings is 2. The van der Waals surface area contributed by atoms with Crippen LogP contribution in [0.15, 0.2) is 48.5 Å². The van der Waals surface area contributed by atoms with Gasteiger partial charge in [-0.15, -0.1) is 0 Å². The summed E-state index contributed by atoms with van der Waals surface area (Å²) in [5.74, 6) is -1.30. The van der Waals surface area contributed by atoms with E-state index in [0.717, 1.165) is 27.2 Å². The van der Waals surface area contributed by atoms with Crippen LogP contribution >= 0.6 is 0 Å². The van der Waals surface area contributed by atoms with E-state index in [1.54, 1.807) is 0 Å². The van der Waals surface area contributed by atoms with Gasteiger partial charge in [0.15, 0.2) is 0 Å². The molecule has 0 radical (unpaired) electrons. The van der Waals surface area contributed by atoms with E-state index in [9.17, 15) is 19.5 Å². The molecule has 0 spiro atoms. The van der Waals surface area contributed by atoms with Gasteiger partial charge in [-0.2, -0.15) is 0 Å². The molecule has 0 bridgehead atoms. The lowest BCUT2D eigenvalue weighted by atomic mass is 9.98. The van der Waals surface area contributed by atoms with Crippen molar-refractivity contribution in [2.24, 2.45) is 5.92 Å². The quantitative estimate of drug-likeness (QED) is 0.593. The van der Waals surface area contributed by atoms with Crippen LogP contribution in [0.2, 0.25) is 0 Å². The Morgan fingerprint density at radius 2 is 1.52 bits per heavy atom. The van der Waals surface area contributed by atoms with Crippen LogP contribution in [0, 0.1) is 5.92 Å². The van der Waals surface area contributed by atoms with E-state index in [4.69, 9.17) is 4.74 Å². The third kappa shape index (κ3) is 5.53. The van der Waals surface area contributed by atoms with E-state index in [1.165, 1.54) is 14.0 Å². The molecule has 1 unspecified atom stereocenters. The zero-order valence-electron chi connectivity index (χ0n) is 19.6. The molecular formula is C26H32N2O5. The maximum Gasteiger partial charge on any atom is 0.407 e. The number of aliphatic carboxylic acids is 1. The predicted octanol–water partition coefficient (Wildman–Crippen LogP) is 4.26. The largest absolute Gasteiger partial charge is 0.480 e. The molecule has 0 aliphatic heterocycles. The number of carboxylic acid groups (broad SMARTS) is 1. The van der Waals surface area contributed by atoms with Gasteiger partial charge in [0.2, 0.25) is 5.91 Å². The zero-order chi connectivity index (χ0) is 24.1. The molecule has 33 heavy (non-hydrogen) atoms. The maximum absolute atomic E-state index is 12.9. The fraction of sp³-hybridized carbons (Fsp3) is 0.423. The Balaban J connectivity index is 1.69. The minimum Gasteiger partial charge on any atom is -0.480 e. The Kier molecular flexibility index (Phi) is 7.74. The van der Waals surface area contributed by atoms with Crippen molar-refractivity contribution in [3.63, 3.8) is 0 Å². The highest BCUT2D eigenvalue weighted by Crippen LogP contribution is 2.44. The van der Waals surface area contributed by atoms with Gasteiger partial charge in [-0.05, 0) is 47.9 Å². The molecule has 0 heterocycles. The lowest BCUT2D eigenvalue weighted by Gasteiger charge is -2.27. The van der Waals surface area contributed by atoms with Crippen LogP contribution < -0.4 is 5.32 Å². The average molecular weight is 453 g/mol. The molecule has 176 valence electrons. The second kappa shape index (κ2) is 10.5. The van der Waals surface area contributed by atoms with Crippen LogP contribution in [0.3, 0.4) is 0 Å². The molecule has 2 amide bonds. The van der Waals surface area contributed by atoms with Gasteiger partial charge in [-0.1, -0.05) is 62.4 Å². The summed E-state index contributed by atoms with van der Waals surface area (Å²) in [7, 11) is 1.43. The highest BCUT2D eigenvalue weighted by Gasteiger charge is 2.32. The van der Waals surface area contributed by atoms with Gasteiger partial charge in [0.1, 0.15) is 18.7 Å². The van der Waals surface area contributed by atoms with E-state index < -0.39 is 30.1 Å². The molecule has 0 fully saturated rings. The van der Waals surface area contributed by atoms with Crippen molar-refractivity contribution in [2.45, 2.75) is 51.6 Å². The van der Waals surface area contributed by atoms with Crippen LogP contribution in [0.1, 0.15) is 50.7 Å². The van der Waals surface area contributed by atoms with Crippen LogP contribution in [-0.2, 0) is 14.3 Å². The summed E-state index contributed by atoms with van der Waals surface area (Å²) in [5.41, 5.74) is 4.48. The first kappa shape index (κ1) is 24.3. The summed E-state index contributed by atoms with van der Waals surface area (Å²) < 4.78 is 5.58. The van der Waals surface area contributed by atoms with Crippen LogP contribution in [0.25, 0.3) is 11.1 Å². The van der Waals surface area contributed by atoms with E-state index >= 15 is 0 Å². The third-order valence-corrected chi connectivity index (χ3v) is 6.25. The molecule has 2 atom stereocenters. The molecule has 7 nitrogen and oxygen atoms in total. The molecule has 1 aliphatic carbocycles. The number of fused-ring (bicyclic) bond motifs is 3. The first-order valence-electron chi connectivity index (χ1n) is 11.3. The SMILES string of the molecule is CC(C)CCC(NC(=O)OCC1c2ccccc2-c2ccccc21)C(=O)N(C)[C@@H](C)C(=O)O. The number of nitrogens with one attached hydrogen (secondary N) is 1. The second-order valence-electron chi connectivity index (χ2n) is 8.96. The Bertz CT molecular complexity index is 974. The van der Waals surface area contributed by atoms with Gasteiger partial charge in [0.05, 0.1) is 0 Å². The third-order valence-electron chi connectivity index (χ3n) is 6.25. The Morgan fingerprint density at radius 3 is 2.03 bits per heavy atom. The van der Waals surface area contributed by atoms with Crippen LogP contribution in [0.4, 0.5) is 4.79 Å². The molecule has 0 saturated heterocycles. The van der Waals surface area contributed by atoms with Crippen molar-refractivity contribution in [3.05, 3.63) is 59.7 Å². The standard InChI is InChI=1S/C26H32N2O5/c1-16(2)13-14-23(24(29)28(4)17(3)25(30)31)27-26(32)33-15-22-20-11-7-5-9-18(20)19-10-6-8-12-21(19)22/h5-12,16-17,22-23H,13-15H2,1-4H3,(H,27,32)(H,30,31)/t17-,23?/m0/s1. The monoisotopic (exact) mass is 452 g/mol. The fourth-order valence-corrected chi connectivity index (χ4v) is 4.14. The number of amides is 2. The highest BCUT2D eigenvalue weighted by atomic mass is 16.5. The number of nitrogens with zero attached hydrogens (tertiary/aromatic N) is 1. The van der Waals surface area contributed by atoms with E-state index in [1.807, 2.05) is 50.2 Å². The van der Waals surface area contributed by atoms with Crippen molar-refractivity contribution >= 4 is 18.0 Å². The van der Waals surface area contributed by atoms with E-state index in [2.05, 4.69) is 17.4 Å². The minimum atomic E-state index is -1.10. The number of carbonyl (C=O) groups is 3. The number of rotatable bonds is 9. The molecule has 2 aromatic carbocycles. The molecule has 0 aromatic heterocycles. The molecular weight excluding hydrogens is 420 g/mol. The summed E-state index contributed by atoms with van der Waals surface area (Å²) in [4.78, 5) is 38.1. The molecule has 1 aliphatic rings. The fourth-order valence-electron chi connectivity index (χ4n) is 4.14. The van der Waals surface area contributed by atoms with Gasteiger partial charge < -0.3 is 20.1 Å². The van der Waals surface area contributed by atoms with Gasteiger partial charge >= 0.3 is 12.1 Å². The number of hydrogen-bond donors (Lipinski definition) is 2. The van der Waals surface area contributed by atoms with E-state index in [0.29, 0.717) is 18.8 Å². The molecule has 0 saturated carbocycles. The maximum atomic E-state index is 12.9. The average Bonchev–Trinajstić information content (AvgIpc) is 3.12. The Labute approximate surface area is 194 Å². The van der Waals surface area contributed by atoms with Crippen molar-refractivity contribution < 1.29 is 24.2 Å². The van der Waals surface area contributed by atoms with E-state index in [-0.39, 0.29) is 12.5 Å². The predicted molar refractivity (Wildman–Crippen MR) is 126 cm³/mol. The first-order valence-corrected chi connectivity index (χ1v) is 11.3. The first-order chi connectivity index (χ1) is 15.7. The Hall–Kier alpha value is -3.35. The number of likely N-dealkylation sites (N-methyl/N-ethyl adjacent to an activating group) is 1. The highest BCUT2D eigenvalue weighted by molar-refractivity contribution is 5.89. The van der Waals surface area contributed by atoms with Crippen molar-refractivity contribution in [2.75, 3.05) is 13.7 Å². The zero-order valence-corrected chi connectivity index (χ0v) is 19.6. The van der Waals surface area contributed by atoms with Gasteiger partial charge in [-0.3, -0.25) is 4.79 Å². The number of ether oxygens (including phenoxy) is 1. The summed E-state index contributed by atoms with van der Waals surface area (Å²) in [6.07, 6.45) is 0.419. The summed E-state index contributed by atoms with van der Waals surface area (Å²) in [6.45, 7) is 5.64. The normalized spacial score (nSPS) is 14.2. The summed E-state index contributed by atoms with van der Waals surface area (Å²) in [5, 5.41) is 11.9. The van der Waals surface area contributed by atoms with Crippen molar-refractivity contribution in [1.82, 2.24) is 10.2 Å². The topological polar surface area (TPSA) is 95.9 Å². The number of carboxylic acids is 1. The van der Waals surface area contributed by atoms with Crippen molar-refractivity contribution in [3.8, 4) is 11.1 Å². The lowest BCUT2D eigenvalue weighted by Crippen LogP contribution is -2.51. The summed E-state index contributed by atoms with van der Waals surface area (Å²) >= 11 is 0.